The SMILES string of the molecule is CC1CCCCN1c1ccncc1CNC(C)(C)C. The van der Waals surface area contributed by atoms with E-state index in [4.69, 9.17) is 0 Å². The summed E-state index contributed by atoms with van der Waals surface area (Å²) in [6.07, 6.45) is 7.89. The fourth-order valence-corrected chi connectivity index (χ4v) is 2.65. The monoisotopic (exact) mass is 261 g/mol. The fraction of sp³-hybridized carbons (Fsp3) is 0.688. The quantitative estimate of drug-likeness (QED) is 0.904. The summed E-state index contributed by atoms with van der Waals surface area (Å²) < 4.78 is 0. The van der Waals surface area contributed by atoms with Gasteiger partial charge in [0, 0.05) is 48.3 Å². The highest BCUT2D eigenvalue weighted by atomic mass is 15.2. The van der Waals surface area contributed by atoms with Gasteiger partial charge in [-0.3, -0.25) is 4.98 Å². The van der Waals surface area contributed by atoms with E-state index < -0.39 is 0 Å². The first kappa shape index (κ1) is 14.3. The molecular weight excluding hydrogens is 234 g/mol. The lowest BCUT2D eigenvalue weighted by Crippen LogP contribution is -2.39. The lowest BCUT2D eigenvalue weighted by molar-refractivity contribution is 0.422. The van der Waals surface area contributed by atoms with Crippen LogP contribution in [0.25, 0.3) is 0 Å². The second-order valence-corrected chi connectivity index (χ2v) is 6.65. The number of aromatic nitrogens is 1. The molecular formula is C16H27N3. The Bertz CT molecular complexity index is 409. The summed E-state index contributed by atoms with van der Waals surface area (Å²) in [7, 11) is 0. The molecule has 1 aromatic rings. The third-order valence-corrected chi connectivity index (χ3v) is 3.80. The first-order chi connectivity index (χ1) is 8.97. The van der Waals surface area contributed by atoms with Crippen LogP contribution in [0.1, 0.15) is 52.5 Å². The minimum Gasteiger partial charge on any atom is -0.368 e. The van der Waals surface area contributed by atoms with Gasteiger partial charge in [0.1, 0.15) is 0 Å². The molecule has 1 aliphatic rings. The third-order valence-electron chi connectivity index (χ3n) is 3.80. The molecule has 2 rings (SSSR count). The van der Waals surface area contributed by atoms with Crippen molar-refractivity contribution in [1.29, 1.82) is 0 Å². The van der Waals surface area contributed by atoms with Crippen LogP contribution in [0.3, 0.4) is 0 Å². The predicted octanol–water partition coefficient (Wildman–Crippen LogP) is 3.35. The summed E-state index contributed by atoms with van der Waals surface area (Å²) >= 11 is 0. The van der Waals surface area contributed by atoms with Crippen molar-refractivity contribution in [2.45, 2.75) is 65.1 Å². The molecule has 1 aromatic heterocycles. The first-order valence-corrected chi connectivity index (χ1v) is 7.42. The number of rotatable bonds is 3. The van der Waals surface area contributed by atoms with Gasteiger partial charge in [0.15, 0.2) is 0 Å². The molecule has 1 N–H and O–H groups in total. The van der Waals surface area contributed by atoms with Gasteiger partial charge < -0.3 is 10.2 Å². The highest BCUT2D eigenvalue weighted by Crippen LogP contribution is 2.27. The molecule has 1 aliphatic heterocycles. The van der Waals surface area contributed by atoms with E-state index in [9.17, 15) is 0 Å². The van der Waals surface area contributed by atoms with Gasteiger partial charge in [-0.25, -0.2) is 0 Å². The second kappa shape index (κ2) is 5.91. The predicted molar refractivity (Wildman–Crippen MR) is 81.5 cm³/mol. The molecule has 1 fully saturated rings. The van der Waals surface area contributed by atoms with Gasteiger partial charge in [-0.1, -0.05) is 0 Å². The molecule has 0 aliphatic carbocycles. The molecule has 1 atom stereocenters. The Morgan fingerprint density at radius 3 is 2.84 bits per heavy atom. The molecule has 0 aromatic carbocycles. The third kappa shape index (κ3) is 3.93. The molecule has 0 radical (unpaired) electrons. The first-order valence-electron chi connectivity index (χ1n) is 7.42. The summed E-state index contributed by atoms with van der Waals surface area (Å²) in [5.74, 6) is 0. The lowest BCUT2D eigenvalue weighted by Gasteiger charge is -2.37. The minimum atomic E-state index is 0.140. The Balaban J connectivity index is 2.15. The zero-order chi connectivity index (χ0) is 13.9. The Kier molecular flexibility index (Phi) is 4.46. The van der Waals surface area contributed by atoms with E-state index in [0.29, 0.717) is 6.04 Å². The van der Waals surface area contributed by atoms with Gasteiger partial charge in [-0.15, -0.1) is 0 Å². The summed E-state index contributed by atoms with van der Waals surface area (Å²) in [5.41, 5.74) is 2.81. The normalized spacial score (nSPS) is 20.6. The van der Waals surface area contributed by atoms with Gasteiger partial charge in [-0.2, -0.15) is 0 Å². The van der Waals surface area contributed by atoms with Crippen molar-refractivity contribution < 1.29 is 0 Å². The number of nitrogens with one attached hydrogen (secondary N) is 1. The standard InChI is InChI=1S/C16H27N3/c1-13-7-5-6-10-19(13)15-8-9-17-11-14(15)12-18-16(2,3)4/h8-9,11,13,18H,5-7,10,12H2,1-4H3. The zero-order valence-electron chi connectivity index (χ0n) is 12.7. The average Bonchev–Trinajstić information content (AvgIpc) is 2.37. The van der Waals surface area contributed by atoms with Crippen molar-refractivity contribution >= 4 is 5.69 Å². The number of hydrogen-bond acceptors (Lipinski definition) is 3. The van der Waals surface area contributed by atoms with E-state index in [-0.39, 0.29) is 5.54 Å². The summed E-state index contributed by atoms with van der Waals surface area (Å²) in [4.78, 5) is 6.85. The van der Waals surface area contributed by atoms with Crippen LogP contribution < -0.4 is 10.2 Å². The van der Waals surface area contributed by atoms with Crippen molar-refractivity contribution in [2.75, 3.05) is 11.4 Å². The van der Waals surface area contributed by atoms with Crippen molar-refractivity contribution in [3.05, 3.63) is 24.0 Å². The summed E-state index contributed by atoms with van der Waals surface area (Å²) in [6.45, 7) is 11.0. The topological polar surface area (TPSA) is 28.2 Å². The van der Waals surface area contributed by atoms with Crippen LogP contribution in [0.5, 0.6) is 0 Å². The summed E-state index contributed by atoms with van der Waals surface area (Å²) in [6, 6.07) is 2.81. The molecule has 0 saturated carbocycles. The van der Waals surface area contributed by atoms with Crippen LogP contribution >= 0.6 is 0 Å². The van der Waals surface area contributed by atoms with Crippen LogP contribution in [0.2, 0.25) is 0 Å². The molecule has 1 unspecified atom stereocenters. The Morgan fingerprint density at radius 1 is 1.37 bits per heavy atom. The van der Waals surface area contributed by atoms with E-state index in [0.717, 1.165) is 6.54 Å². The van der Waals surface area contributed by atoms with Gasteiger partial charge in [-0.05, 0) is 53.0 Å². The molecule has 1 saturated heterocycles. The van der Waals surface area contributed by atoms with Gasteiger partial charge >= 0.3 is 0 Å². The maximum absolute atomic E-state index is 4.30. The van der Waals surface area contributed by atoms with E-state index in [1.54, 1.807) is 0 Å². The summed E-state index contributed by atoms with van der Waals surface area (Å²) in [5, 5.41) is 3.57. The number of hydrogen-bond donors (Lipinski definition) is 1. The molecule has 2 heterocycles. The molecule has 3 nitrogen and oxygen atoms in total. The van der Waals surface area contributed by atoms with Gasteiger partial charge in [0.2, 0.25) is 0 Å². The number of piperidine rings is 1. The van der Waals surface area contributed by atoms with E-state index in [2.05, 4.69) is 49.0 Å². The van der Waals surface area contributed by atoms with Gasteiger partial charge in [0.25, 0.3) is 0 Å². The molecule has 0 bridgehead atoms. The fourth-order valence-electron chi connectivity index (χ4n) is 2.65. The smallest absolute Gasteiger partial charge is 0.0445 e. The van der Waals surface area contributed by atoms with Crippen molar-refractivity contribution in [3.8, 4) is 0 Å². The average molecular weight is 261 g/mol. The van der Waals surface area contributed by atoms with Gasteiger partial charge in [0.05, 0.1) is 0 Å². The number of pyridine rings is 1. The minimum absolute atomic E-state index is 0.140. The van der Waals surface area contributed by atoms with Crippen molar-refractivity contribution in [3.63, 3.8) is 0 Å². The second-order valence-electron chi connectivity index (χ2n) is 6.65. The maximum atomic E-state index is 4.30. The molecule has 0 amide bonds. The molecule has 3 heteroatoms. The molecule has 19 heavy (non-hydrogen) atoms. The largest absolute Gasteiger partial charge is 0.368 e. The van der Waals surface area contributed by atoms with Crippen molar-refractivity contribution in [1.82, 2.24) is 10.3 Å². The Labute approximate surface area is 117 Å². The van der Waals surface area contributed by atoms with Crippen LogP contribution in [0.4, 0.5) is 5.69 Å². The molecule has 106 valence electrons. The lowest BCUT2D eigenvalue weighted by atomic mass is 10.0. The number of nitrogens with zero attached hydrogens (tertiary/aromatic N) is 2. The van der Waals surface area contributed by atoms with Crippen LogP contribution in [0, 0.1) is 0 Å². The highest BCUT2D eigenvalue weighted by Gasteiger charge is 2.21. The van der Waals surface area contributed by atoms with Crippen LogP contribution in [0.15, 0.2) is 18.5 Å². The molecule has 0 spiro atoms. The van der Waals surface area contributed by atoms with Crippen molar-refractivity contribution in [2.24, 2.45) is 0 Å². The highest BCUT2D eigenvalue weighted by molar-refractivity contribution is 5.53. The van der Waals surface area contributed by atoms with E-state index >= 15 is 0 Å². The van der Waals surface area contributed by atoms with Crippen LogP contribution in [-0.4, -0.2) is 23.1 Å². The van der Waals surface area contributed by atoms with E-state index in [1.807, 2.05) is 12.4 Å². The maximum Gasteiger partial charge on any atom is 0.0445 e. The Morgan fingerprint density at radius 2 is 2.16 bits per heavy atom. The number of anilines is 1. The van der Waals surface area contributed by atoms with E-state index in [1.165, 1.54) is 37.1 Å². The Hall–Kier alpha value is -1.09. The zero-order valence-corrected chi connectivity index (χ0v) is 12.7. The van der Waals surface area contributed by atoms with Crippen LogP contribution in [-0.2, 0) is 6.54 Å².